The van der Waals surface area contributed by atoms with Crippen LogP contribution in [0.25, 0.3) is 11.0 Å². The summed E-state index contributed by atoms with van der Waals surface area (Å²) in [6.45, 7) is 2.81. The van der Waals surface area contributed by atoms with Crippen molar-refractivity contribution in [3.63, 3.8) is 0 Å². The van der Waals surface area contributed by atoms with Crippen LogP contribution in [-0.4, -0.2) is 21.2 Å². The number of imidazole rings is 1. The van der Waals surface area contributed by atoms with Crippen molar-refractivity contribution in [2.45, 2.75) is 102 Å². The molecule has 4 heteroatoms. The molecule has 29 heavy (non-hydrogen) atoms. The van der Waals surface area contributed by atoms with Crippen molar-refractivity contribution in [3.8, 4) is 0 Å². The van der Waals surface area contributed by atoms with E-state index in [2.05, 4.69) is 35.0 Å². The van der Waals surface area contributed by atoms with Crippen molar-refractivity contribution >= 4 is 11.0 Å². The van der Waals surface area contributed by atoms with Crippen LogP contribution in [0.1, 0.15) is 83.6 Å². The van der Waals surface area contributed by atoms with Crippen LogP contribution in [0, 0.1) is 11.8 Å². The predicted molar refractivity (Wildman–Crippen MR) is 119 cm³/mol. The van der Waals surface area contributed by atoms with Gasteiger partial charge in [0, 0.05) is 24.7 Å². The van der Waals surface area contributed by atoms with E-state index < -0.39 is 0 Å². The molecule has 3 fully saturated rings. The molecule has 158 valence electrons. The highest BCUT2D eigenvalue weighted by molar-refractivity contribution is 5.76. The number of fused-ring (bicyclic) bond motifs is 2. The van der Waals surface area contributed by atoms with Gasteiger partial charge in [-0.15, -0.1) is 0 Å². The standard InChI is InChI=1S/C25H37N3O/c1-2-27-23-9-5-6-10-24(23)28(25(27)29)22-15-13-20(14-16-22)26-21-12-11-18-7-3-4-8-19(18)17-21/h5-6,9-10,18-22,26H,2-4,7-8,11-17H2,1H3. The first-order valence-corrected chi connectivity index (χ1v) is 12.2. The van der Waals surface area contributed by atoms with Crippen molar-refractivity contribution < 1.29 is 0 Å². The quantitative estimate of drug-likeness (QED) is 0.767. The van der Waals surface area contributed by atoms with Gasteiger partial charge in [0.25, 0.3) is 0 Å². The van der Waals surface area contributed by atoms with Crippen LogP contribution in [0.3, 0.4) is 0 Å². The molecule has 3 aliphatic carbocycles. The number of hydrogen-bond acceptors (Lipinski definition) is 2. The number of rotatable bonds is 4. The highest BCUT2D eigenvalue weighted by atomic mass is 16.1. The average molecular weight is 396 g/mol. The van der Waals surface area contributed by atoms with Gasteiger partial charge in [0.2, 0.25) is 0 Å². The Hall–Kier alpha value is -1.55. The third-order valence-electron chi connectivity index (χ3n) is 8.26. The van der Waals surface area contributed by atoms with Crippen LogP contribution in [0.4, 0.5) is 0 Å². The maximum Gasteiger partial charge on any atom is 0.329 e. The summed E-state index contributed by atoms with van der Waals surface area (Å²) < 4.78 is 4.03. The van der Waals surface area contributed by atoms with Gasteiger partial charge in [-0.05, 0) is 75.8 Å². The number of hydrogen-bond donors (Lipinski definition) is 1. The zero-order chi connectivity index (χ0) is 19.8. The molecule has 0 saturated heterocycles. The van der Waals surface area contributed by atoms with E-state index in [9.17, 15) is 4.79 Å². The summed E-state index contributed by atoms with van der Waals surface area (Å²) in [6.07, 6.45) is 14.8. The molecule has 1 N–H and O–H groups in total. The fraction of sp³-hybridized carbons (Fsp3) is 0.720. The Morgan fingerprint density at radius 1 is 0.862 bits per heavy atom. The van der Waals surface area contributed by atoms with Crippen LogP contribution in [0.5, 0.6) is 0 Å². The number of aryl methyl sites for hydroxylation is 1. The van der Waals surface area contributed by atoms with Crippen LogP contribution >= 0.6 is 0 Å². The molecule has 3 aliphatic rings. The van der Waals surface area contributed by atoms with Crippen LogP contribution in [-0.2, 0) is 6.54 Å². The van der Waals surface area contributed by atoms with E-state index in [1.807, 2.05) is 10.6 Å². The summed E-state index contributed by atoms with van der Waals surface area (Å²) in [7, 11) is 0. The lowest BCUT2D eigenvalue weighted by Gasteiger charge is -2.41. The van der Waals surface area contributed by atoms with Gasteiger partial charge < -0.3 is 5.32 Å². The van der Waals surface area contributed by atoms with Crippen LogP contribution < -0.4 is 11.0 Å². The predicted octanol–water partition coefficient (Wildman–Crippen LogP) is 5.26. The first-order chi connectivity index (χ1) is 14.2. The largest absolute Gasteiger partial charge is 0.329 e. The highest BCUT2D eigenvalue weighted by Crippen LogP contribution is 2.41. The van der Waals surface area contributed by atoms with E-state index in [0.717, 1.165) is 48.3 Å². The van der Waals surface area contributed by atoms with Crippen LogP contribution in [0.15, 0.2) is 29.1 Å². The second-order valence-electron chi connectivity index (χ2n) is 9.87. The first-order valence-electron chi connectivity index (χ1n) is 12.2. The molecule has 4 nitrogen and oxygen atoms in total. The molecular formula is C25H37N3O. The monoisotopic (exact) mass is 395 g/mol. The molecule has 0 amide bonds. The van der Waals surface area contributed by atoms with Gasteiger partial charge in [-0.2, -0.15) is 0 Å². The maximum atomic E-state index is 13.1. The SMILES string of the molecule is CCn1c(=O)n(C2CCC(NC3CCC4CCCCC4C3)CC2)c2ccccc21. The smallest absolute Gasteiger partial charge is 0.311 e. The molecule has 0 bridgehead atoms. The van der Waals surface area contributed by atoms with Crippen molar-refractivity contribution in [2.24, 2.45) is 11.8 Å². The normalized spacial score (nSPS) is 32.9. The van der Waals surface area contributed by atoms with E-state index in [0.29, 0.717) is 12.1 Å². The lowest BCUT2D eigenvalue weighted by molar-refractivity contribution is 0.132. The topological polar surface area (TPSA) is 39.0 Å². The third kappa shape index (κ3) is 3.69. The molecule has 3 unspecified atom stereocenters. The molecule has 2 aromatic rings. The van der Waals surface area contributed by atoms with Crippen LogP contribution in [0.2, 0.25) is 0 Å². The van der Waals surface area contributed by atoms with E-state index in [1.54, 1.807) is 0 Å². The Kier molecular flexibility index (Phi) is 5.55. The van der Waals surface area contributed by atoms with Crippen molar-refractivity contribution in [1.29, 1.82) is 0 Å². The number of aromatic nitrogens is 2. The second-order valence-corrected chi connectivity index (χ2v) is 9.87. The molecule has 0 spiro atoms. The summed E-state index contributed by atoms with van der Waals surface area (Å²) in [5.74, 6) is 2.02. The van der Waals surface area contributed by atoms with Gasteiger partial charge in [0.1, 0.15) is 0 Å². The molecule has 5 rings (SSSR count). The third-order valence-corrected chi connectivity index (χ3v) is 8.26. The Balaban J connectivity index is 1.23. The minimum atomic E-state index is 0.181. The maximum absolute atomic E-state index is 13.1. The lowest BCUT2D eigenvalue weighted by atomic mass is 9.69. The summed E-state index contributed by atoms with van der Waals surface area (Å²) >= 11 is 0. The summed E-state index contributed by atoms with van der Waals surface area (Å²) in [4.78, 5) is 13.1. The summed E-state index contributed by atoms with van der Waals surface area (Å²) in [5, 5.41) is 4.04. The van der Waals surface area contributed by atoms with Gasteiger partial charge >= 0.3 is 5.69 Å². The molecule has 1 aromatic carbocycles. The zero-order valence-electron chi connectivity index (χ0n) is 18.0. The second kappa shape index (κ2) is 8.29. The number of para-hydroxylation sites is 2. The first kappa shape index (κ1) is 19.4. The van der Waals surface area contributed by atoms with E-state index >= 15 is 0 Å². The zero-order valence-corrected chi connectivity index (χ0v) is 18.0. The Bertz CT molecular complexity index is 889. The van der Waals surface area contributed by atoms with Gasteiger partial charge in [-0.25, -0.2) is 4.79 Å². The van der Waals surface area contributed by atoms with E-state index in [4.69, 9.17) is 0 Å². The van der Waals surface area contributed by atoms with E-state index in [1.165, 1.54) is 57.8 Å². The molecule has 1 heterocycles. The summed E-state index contributed by atoms with van der Waals surface area (Å²) in [5.41, 5.74) is 2.39. The Morgan fingerprint density at radius 2 is 1.55 bits per heavy atom. The van der Waals surface area contributed by atoms with Gasteiger partial charge in [0.05, 0.1) is 11.0 Å². The molecule has 3 saturated carbocycles. The van der Waals surface area contributed by atoms with Gasteiger partial charge in [0.15, 0.2) is 0 Å². The molecule has 1 aromatic heterocycles. The fourth-order valence-corrected chi connectivity index (χ4v) is 6.75. The van der Waals surface area contributed by atoms with Gasteiger partial charge in [-0.3, -0.25) is 9.13 Å². The number of benzene rings is 1. The van der Waals surface area contributed by atoms with Crippen molar-refractivity contribution in [3.05, 3.63) is 34.7 Å². The average Bonchev–Trinajstić information content (AvgIpc) is 3.05. The number of nitrogens with one attached hydrogen (secondary N) is 1. The lowest BCUT2D eigenvalue weighted by Crippen LogP contribution is -2.45. The van der Waals surface area contributed by atoms with E-state index in [-0.39, 0.29) is 5.69 Å². The minimum absolute atomic E-state index is 0.181. The molecule has 0 aliphatic heterocycles. The highest BCUT2D eigenvalue weighted by Gasteiger charge is 2.34. The van der Waals surface area contributed by atoms with Gasteiger partial charge in [-0.1, -0.05) is 37.8 Å². The number of nitrogens with zero attached hydrogens (tertiary/aromatic N) is 2. The Labute approximate surface area is 174 Å². The Morgan fingerprint density at radius 3 is 2.31 bits per heavy atom. The molecule has 3 atom stereocenters. The summed E-state index contributed by atoms with van der Waals surface area (Å²) in [6, 6.07) is 10.0. The minimum Gasteiger partial charge on any atom is -0.311 e. The van der Waals surface area contributed by atoms with Crippen molar-refractivity contribution in [2.75, 3.05) is 0 Å². The molecule has 0 radical (unpaired) electrons. The fourth-order valence-electron chi connectivity index (χ4n) is 6.75. The van der Waals surface area contributed by atoms with Crippen molar-refractivity contribution in [1.82, 2.24) is 14.5 Å². The molecular weight excluding hydrogens is 358 g/mol.